The van der Waals surface area contributed by atoms with Gasteiger partial charge in [-0.05, 0) is 51.1 Å². The summed E-state index contributed by atoms with van der Waals surface area (Å²) in [6.45, 7) is 5.75. The standard InChI is InChI=1S/C13H25NO/c1-2-8-14-9-3-6-13(15,7-10-14)11-12-4-5-12/h12,15H,2-11H2,1H3. The van der Waals surface area contributed by atoms with E-state index in [2.05, 4.69) is 11.8 Å². The van der Waals surface area contributed by atoms with E-state index in [-0.39, 0.29) is 5.60 Å². The van der Waals surface area contributed by atoms with Crippen molar-refractivity contribution in [1.82, 2.24) is 4.90 Å². The Morgan fingerprint density at radius 1 is 1.27 bits per heavy atom. The van der Waals surface area contributed by atoms with Crippen molar-refractivity contribution < 1.29 is 5.11 Å². The van der Waals surface area contributed by atoms with Crippen LogP contribution in [0.15, 0.2) is 0 Å². The fourth-order valence-corrected chi connectivity index (χ4v) is 2.84. The lowest BCUT2D eigenvalue weighted by Crippen LogP contribution is -2.32. The second kappa shape index (κ2) is 4.84. The summed E-state index contributed by atoms with van der Waals surface area (Å²) in [6.07, 6.45) is 8.26. The highest BCUT2D eigenvalue weighted by atomic mass is 16.3. The van der Waals surface area contributed by atoms with Crippen molar-refractivity contribution in [3.63, 3.8) is 0 Å². The summed E-state index contributed by atoms with van der Waals surface area (Å²) in [6, 6.07) is 0. The maximum absolute atomic E-state index is 10.5. The maximum atomic E-state index is 10.5. The van der Waals surface area contributed by atoms with E-state index >= 15 is 0 Å². The van der Waals surface area contributed by atoms with Gasteiger partial charge in [-0.1, -0.05) is 19.8 Å². The summed E-state index contributed by atoms with van der Waals surface area (Å²) >= 11 is 0. The maximum Gasteiger partial charge on any atom is 0.0663 e. The summed E-state index contributed by atoms with van der Waals surface area (Å²) in [7, 11) is 0. The highest BCUT2D eigenvalue weighted by Crippen LogP contribution is 2.40. The molecule has 1 aliphatic heterocycles. The van der Waals surface area contributed by atoms with Gasteiger partial charge in [-0.25, -0.2) is 0 Å². The van der Waals surface area contributed by atoms with Gasteiger partial charge in [-0.15, -0.1) is 0 Å². The lowest BCUT2D eigenvalue weighted by Gasteiger charge is -2.27. The van der Waals surface area contributed by atoms with Crippen molar-refractivity contribution in [2.24, 2.45) is 5.92 Å². The molecule has 0 aromatic heterocycles. The van der Waals surface area contributed by atoms with Crippen molar-refractivity contribution in [2.75, 3.05) is 19.6 Å². The van der Waals surface area contributed by atoms with E-state index in [0.717, 1.165) is 31.7 Å². The monoisotopic (exact) mass is 211 g/mol. The average Bonchev–Trinajstić information content (AvgIpc) is 2.98. The van der Waals surface area contributed by atoms with E-state index in [4.69, 9.17) is 0 Å². The summed E-state index contributed by atoms with van der Waals surface area (Å²) in [5.74, 6) is 0.854. The van der Waals surface area contributed by atoms with Crippen molar-refractivity contribution in [1.29, 1.82) is 0 Å². The van der Waals surface area contributed by atoms with E-state index in [1.165, 1.54) is 38.8 Å². The summed E-state index contributed by atoms with van der Waals surface area (Å²) in [4.78, 5) is 2.52. The summed E-state index contributed by atoms with van der Waals surface area (Å²) < 4.78 is 0. The minimum atomic E-state index is -0.316. The smallest absolute Gasteiger partial charge is 0.0663 e. The second-order valence-corrected chi connectivity index (χ2v) is 5.57. The van der Waals surface area contributed by atoms with Crippen LogP contribution < -0.4 is 0 Å². The molecule has 2 aliphatic rings. The van der Waals surface area contributed by atoms with Crippen LogP contribution in [-0.4, -0.2) is 35.2 Å². The van der Waals surface area contributed by atoms with Gasteiger partial charge in [0.1, 0.15) is 0 Å². The summed E-state index contributed by atoms with van der Waals surface area (Å²) in [5, 5.41) is 10.5. The lowest BCUT2D eigenvalue weighted by molar-refractivity contribution is 0.0117. The fraction of sp³-hybridized carbons (Fsp3) is 1.00. The van der Waals surface area contributed by atoms with Crippen LogP contribution >= 0.6 is 0 Å². The fourth-order valence-electron chi connectivity index (χ4n) is 2.84. The van der Waals surface area contributed by atoms with Gasteiger partial charge in [0, 0.05) is 6.54 Å². The molecule has 1 N–H and O–H groups in total. The summed E-state index contributed by atoms with van der Waals surface area (Å²) in [5.41, 5.74) is -0.316. The molecule has 15 heavy (non-hydrogen) atoms. The first-order chi connectivity index (χ1) is 7.22. The minimum Gasteiger partial charge on any atom is -0.390 e. The largest absolute Gasteiger partial charge is 0.390 e. The molecule has 0 radical (unpaired) electrons. The normalized spacial score (nSPS) is 34.0. The molecule has 88 valence electrons. The van der Waals surface area contributed by atoms with Gasteiger partial charge < -0.3 is 10.0 Å². The van der Waals surface area contributed by atoms with Crippen LogP contribution in [0.1, 0.15) is 51.9 Å². The molecule has 2 rings (SSSR count). The van der Waals surface area contributed by atoms with Crippen LogP contribution in [-0.2, 0) is 0 Å². The van der Waals surface area contributed by atoms with Gasteiger partial charge >= 0.3 is 0 Å². The number of nitrogens with zero attached hydrogens (tertiary/aromatic N) is 1. The number of hydrogen-bond acceptors (Lipinski definition) is 2. The minimum absolute atomic E-state index is 0.316. The molecule has 2 fully saturated rings. The van der Waals surface area contributed by atoms with E-state index < -0.39 is 0 Å². The van der Waals surface area contributed by atoms with Crippen LogP contribution in [0.5, 0.6) is 0 Å². The Balaban J connectivity index is 1.81. The molecule has 0 aromatic rings. The number of rotatable bonds is 4. The van der Waals surface area contributed by atoms with Crippen LogP contribution in [0.3, 0.4) is 0 Å². The highest BCUT2D eigenvalue weighted by Gasteiger charge is 2.36. The van der Waals surface area contributed by atoms with E-state index in [1.54, 1.807) is 0 Å². The molecule has 2 heteroatoms. The zero-order valence-corrected chi connectivity index (χ0v) is 10.0. The SMILES string of the molecule is CCCN1CCCC(O)(CC2CC2)CC1. The Labute approximate surface area is 93.7 Å². The van der Waals surface area contributed by atoms with E-state index in [9.17, 15) is 5.11 Å². The Morgan fingerprint density at radius 2 is 2.07 bits per heavy atom. The molecule has 1 saturated carbocycles. The predicted molar refractivity (Wildman–Crippen MR) is 62.9 cm³/mol. The van der Waals surface area contributed by atoms with Crippen LogP contribution in [0, 0.1) is 5.92 Å². The Morgan fingerprint density at radius 3 is 2.73 bits per heavy atom. The average molecular weight is 211 g/mol. The van der Waals surface area contributed by atoms with Crippen LogP contribution in [0.2, 0.25) is 0 Å². The number of aliphatic hydroxyl groups is 1. The molecule has 0 spiro atoms. The molecular formula is C13H25NO. The molecule has 2 nitrogen and oxygen atoms in total. The molecule has 0 aromatic carbocycles. The molecule has 1 saturated heterocycles. The first-order valence-electron chi connectivity index (χ1n) is 6.66. The number of hydrogen-bond donors (Lipinski definition) is 1. The van der Waals surface area contributed by atoms with Gasteiger partial charge in [0.25, 0.3) is 0 Å². The molecule has 1 heterocycles. The van der Waals surface area contributed by atoms with E-state index in [1.807, 2.05) is 0 Å². The van der Waals surface area contributed by atoms with Crippen LogP contribution in [0.4, 0.5) is 0 Å². The molecule has 0 bridgehead atoms. The Bertz CT molecular complexity index is 203. The molecule has 1 aliphatic carbocycles. The third kappa shape index (κ3) is 3.46. The van der Waals surface area contributed by atoms with Crippen molar-refractivity contribution in [3.8, 4) is 0 Å². The van der Waals surface area contributed by atoms with E-state index in [0.29, 0.717) is 0 Å². The van der Waals surface area contributed by atoms with Gasteiger partial charge in [0.15, 0.2) is 0 Å². The third-order valence-corrected chi connectivity index (χ3v) is 3.92. The molecular weight excluding hydrogens is 186 g/mol. The van der Waals surface area contributed by atoms with Crippen molar-refractivity contribution >= 4 is 0 Å². The zero-order valence-electron chi connectivity index (χ0n) is 10.0. The zero-order chi connectivity index (χ0) is 10.7. The second-order valence-electron chi connectivity index (χ2n) is 5.57. The molecule has 0 amide bonds. The van der Waals surface area contributed by atoms with Crippen molar-refractivity contribution in [2.45, 2.75) is 57.5 Å². The van der Waals surface area contributed by atoms with Gasteiger partial charge in [0.05, 0.1) is 5.60 Å². The van der Waals surface area contributed by atoms with Gasteiger partial charge in [0.2, 0.25) is 0 Å². The number of likely N-dealkylation sites (tertiary alicyclic amines) is 1. The van der Waals surface area contributed by atoms with Gasteiger partial charge in [-0.3, -0.25) is 0 Å². The Kier molecular flexibility index (Phi) is 3.68. The first kappa shape index (κ1) is 11.4. The Hall–Kier alpha value is -0.0800. The predicted octanol–water partition coefficient (Wildman–Crippen LogP) is 2.41. The molecule has 1 unspecified atom stereocenters. The quantitative estimate of drug-likeness (QED) is 0.772. The van der Waals surface area contributed by atoms with Crippen LogP contribution in [0.25, 0.3) is 0 Å². The molecule has 1 atom stereocenters. The lowest BCUT2D eigenvalue weighted by atomic mass is 9.89. The third-order valence-electron chi connectivity index (χ3n) is 3.92. The van der Waals surface area contributed by atoms with Gasteiger partial charge in [-0.2, -0.15) is 0 Å². The topological polar surface area (TPSA) is 23.5 Å². The first-order valence-corrected chi connectivity index (χ1v) is 6.66. The highest BCUT2D eigenvalue weighted by molar-refractivity contribution is 4.89. The van der Waals surface area contributed by atoms with Crippen molar-refractivity contribution in [3.05, 3.63) is 0 Å².